The molecule has 0 saturated carbocycles. The van der Waals surface area contributed by atoms with Gasteiger partial charge in [-0.2, -0.15) is 0 Å². The molecule has 0 bridgehead atoms. The van der Waals surface area contributed by atoms with Crippen molar-refractivity contribution in [3.63, 3.8) is 0 Å². The van der Waals surface area contributed by atoms with Crippen molar-refractivity contribution in [3.05, 3.63) is 0 Å². The molecule has 0 rings (SSSR count). The van der Waals surface area contributed by atoms with Crippen LogP contribution in [0.15, 0.2) is 0 Å². The highest BCUT2D eigenvalue weighted by Crippen LogP contribution is 1.98. The first kappa shape index (κ1) is 16.4. The fourth-order valence-corrected chi connectivity index (χ4v) is 1.09. The number of rotatable bonds is 10. The third kappa shape index (κ3) is 10.2. The number of carbonyl (C=O) groups excluding carboxylic acids is 1. The summed E-state index contributed by atoms with van der Waals surface area (Å²) in [4.78, 5) is 12.9. The normalized spacial score (nSPS) is 12.8. The second kappa shape index (κ2) is 10.5. The SMILES string of the molecule is COC(=O)CCOCCOCCC(C)N(C)C. The fourth-order valence-electron chi connectivity index (χ4n) is 1.09. The maximum Gasteiger partial charge on any atom is 0.307 e. The predicted molar refractivity (Wildman–Crippen MR) is 66.0 cm³/mol. The Morgan fingerprint density at radius 1 is 1.12 bits per heavy atom. The molecule has 0 fully saturated rings. The summed E-state index contributed by atoms with van der Waals surface area (Å²) < 4.78 is 15.1. The summed E-state index contributed by atoms with van der Waals surface area (Å²) in [6.07, 6.45) is 1.31. The van der Waals surface area contributed by atoms with Gasteiger partial charge in [0, 0.05) is 12.6 Å². The van der Waals surface area contributed by atoms with E-state index in [1.54, 1.807) is 0 Å². The minimum absolute atomic E-state index is 0.245. The molecule has 5 heteroatoms. The van der Waals surface area contributed by atoms with E-state index in [0.717, 1.165) is 13.0 Å². The highest BCUT2D eigenvalue weighted by Gasteiger charge is 2.03. The van der Waals surface area contributed by atoms with Gasteiger partial charge in [-0.15, -0.1) is 0 Å². The summed E-state index contributed by atoms with van der Waals surface area (Å²) in [5, 5.41) is 0. The average Bonchev–Trinajstić information content (AvgIpc) is 2.31. The van der Waals surface area contributed by atoms with Crippen LogP contribution in [-0.4, -0.2) is 64.5 Å². The lowest BCUT2D eigenvalue weighted by Gasteiger charge is -2.19. The second-order valence-corrected chi connectivity index (χ2v) is 4.15. The molecule has 0 amide bonds. The first-order valence-corrected chi connectivity index (χ1v) is 5.96. The van der Waals surface area contributed by atoms with Crippen molar-refractivity contribution >= 4 is 5.97 Å². The summed E-state index contributed by atoms with van der Waals surface area (Å²) in [5.41, 5.74) is 0. The molecule has 0 radical (unpaired) electrons. The standard InChI is InChI=1S/C12H25NO4/c1-11(13(2)3)5-7-16-9-10-17-8-6-12(14)15-4/h11H,5-10H2,1-4H3. The molecule has 0 heterocycles. The third-order valence-corrected chi connectivity index (χ3v) is 2.61. The quantitative estimate of drug-likeness (QED) is 0.424. The van der Waals surface area contributed by atoms with Crippen LogP contribution in [0.2, 0.25) is 0 Å². The Labute approximate surface area is 104 Å². The van der Waals surface area contributed by atoms with E-state index in [1.165, 1.54) is 7.11 Å². The summed E-state index contributed by atoms with van der Waals surface area (Å²) in [7, 11) is 5.48. The molecule has 0 spiro atoms. The third-order valence-electron chi connectivity index (χ3n) is 2.61. The Hall–Kier alpha value is -0.650. The molecule has 0 N–H and O–H groups in total. The molecule has 1 unspecified atom stereocenters. The van der Waals surface area contributed by atoms with Crippen molar-refractivity contribution in [3.8, 4) is 0 Å². The lowest BCUT2D eigenvalue weighted by Crippen LogP contribution is -2.26. The average molecular weight is 247 g/mol. The molecule has 102 valence electrons. The minimum Gasteiger partial charge on any atom is -0.469 e. The summed E-state index contributed by atoms with van der Waals surface area (Å²) in [5.74, 6) is -0.245. The highest BCUT2D eigenvalue weighted by atomic mass is 16.5. The molecule has 0 aliphatic carbocycles. The molecule has 1 atom stereocenters. The van der Waals surface area contributed by atoms with Crippen LogP contribution in [0.4, 0.5) is 0 Å². The number of carbonyl (C=O) groups is 1. The predicted octanol–water partition coefficient (Wildman–Crippen LogP) is 0.923. The zero-order valence-electron chi connectivity index (χ0n) is 11.4. The van der Waals surface area contributed by atoms with Gasteiger partial charge in [0.2, 0.25) is 0 Å². The summed E-state index contributed by atoms with van der Waals surface area (Å²) in [6, 6.07) is 0.523. The van der Waals surface area contributed by atoms with Gasteiger partial charge in [0.25, 0.3) is 0 Å². The van der Waals surface area contributed by atoms with Crippen molar-refractivity contribution in [2.24, 2.45) is 0 Å². The van der Waals surface area contributed by atoms with Crippen LogP contribution >= 0.6 is 0 Å². The van der Waals surface area contributed by atoms with Crippen LogP contribution in [0.5, 0.6) is 0 Å². The number of hydrogen-bond donors (Lipinski definition) is 0. The van der Waals surface area contributed by atoms with Gasteiger partial charge < -0.3 is 19.1 Å². The number of methoxy groups -OCH3 is 1. The van der Waals surface area contributed by atoms with Gasteiger partial charge >= 0.3 is 5.97 Å². The molecular weight excluding hydrogens is 222 g/mol. The highest BCUT2D eigenvalue weighted by molar-refractivity contribution is 5.69. The zero-order valence-corrected chi connectivity index (χ0v) is 11.4. The van der Waals surface area contributed by atoms with Crippen LogP contribution in [0.25, 0.3) is 0 Å². The first-order valence-electron chi connectivity index (χ1n) is 5.96. The fraction of sp³-hybridized carbons (Fsp3) is 0.917. The van der Waals surface area contributed by atoms with E-state index < -0.39 is 0 Å². The lowest BCUT2D eigenvalue weighted by molar-refractivity contribution is -0.141. The van der Waals surface area contributed by atoms with Gasteiger partial charge in [0.15, 0.2) is 0 Å². The molecular formula is C12H25NO4. The molecule has 0 aromatic carbocycles. The molecule has 17 heavy (non-hydrogen) atoms. The largest absolute Gasteiger partial charge is 0.469 e. The van der Waals surface area contributed by atoms with Crippen molar-refractivity contribution in [1.82, 2.24) is 4.90 Å². The van der Waals surface area contributed by atoms with Crippen LogP contribution in [0, 0.1) is 0 Å². The van der Waals surface area contributed by atoms with Crippen LogP contribution in [0.3, 0.4) is 0 Å². The second-order valence-electron chi connectivity index (χ2n) is 4.15. The first-order chi connectivity index (χ1) is 8.07. The molecule has 5 nitrogen and oxygen atoms in total. The Morgan fingerprint density at radius 2 is 1.71 bits per heavy atom. The topological polar surface area (TPSA) is 48.0 Å². The van der Waals surface area contributed by atoms with Crippen molar-refractivity contribution in [1.29, 1.82) is 0 Å². The molecule has 0 aromatic heterocycles. The van der Waals surface area contributed by atoms with Gasteiger partial charge in [0.1, 0.15) is 0 Å². The van der Waals surface area contributed by atoms with E-state index >= 15 is 0 Å². The molecule has 0 saturated heterocycles. The van der Waals surface area contributed by atoms with Gasteiger partial charge in [-0.05, 0) is 27.4 Å². The van der Waals surface area contributed by atoms with E-state index in [1.807, 2.05) is 0 Å². The Balaban J connectivity index is 3.16. The van der Waals surface area contributed by atoms with E-state index in [-0.39, 0.29) is 5.97 Å². The van der Waals surface area contributed by atoms with Gasteiger partial charge in [-0.25, -0.2) is 0 Å². The number of hydrogen-bond acceptors (Lipinski definition) is 5. The molecule has 0 aliphatic rings. The molecule has 0 aromatic rings. The van der Waals surface area contributed by atoms with E-state index in [9.17, 15) is 4.79 Å². The van der Waals surface area contributed by atoms with Crippen molar-refractivity contribution in [2.45, 2.75) is 25.8 Å². The van der Waals surface area contributed by atoms with E-state index in [0.29, 0.717) is 32.3 Å². The summed E-state index contributed by atoms with van der Waals surface area (Å²) in [6.45, 7) is 4.38. The maximum absolute atomic E-state index is 10.7. The van der Waals surface area contributed by atoms with Gasteiger partial charge in [-0.1, -0.05) is 0 Å². The summed E-state index contributed by atoms with van der Waals surface area (Å²) >= 11 is 0. The molecule has 0 aliphatic heterocycles. The Morgan fingerprint density at radius 3 is 2.24 bits per heavy atom. The number of esters is 1. The zero-order chi connectivity index (χ0) is 13.1. The van der Waals surface area contributed by atoms with Crippen LogP contribution in [0.1, 0.15) is 19.8 Å². The monoisotopic (exact) mass is 247 g/mol. The smallest absolute Gasteiger partial charge is 0.307 e. The van der Waals surface area contributed by atoms with Crippen LogP contribution < -0.4 is 0 Å². The number of ether oxygens (including phenoxy) is 3. The maximum atomic E-state index is 10.7. The van der Waals surface area contributed by atoms with Crippen LogP contribution in [-0.2, 0) is 19.0 Å². The lowest BCUT2D eigenvalue weighted by atomic mass is 10.2. The minimum atomic E-state index is -0.245. The van der Waals surface area contributed by atoms with Gasteiger partial charge in [0.05, 0.1) is 33.4 Å². The van der Waals surface area contributed by atoms with E-state index in [2.05, 4.69) is 30.7 Å². The van der Waals surface area contributed by atoms with Gasteiger partial charge in [-0.3, -0.25) is 4.79 Å². The van der Waals surface area contributed by atoms with Crippen molar-refractivity contribution < 1.29 is 19.0 Å². The van der Waals surface area contributed by atoms with Crippen molar-refractivity contribution in [2.75, 3.05) is 47.6 Å². The Bertz CT molecular complexity index is 197. The Kier molecular flexibility index (Phi) is 10.1. The number of nitrogens with zero attached hydrogens (tertiary/aromatic N) is 1. The van der Waals surface area contributed by atoms with E-state index in [4.69, 9.17) is 9.47 Å².